The van der Waals surface area contributed by atoms with Gasteiger partial charge in [0.05, 0.1) is 22.9 Å². The van der Waals surface area contributed by atoms with E-state index < -0.39 is 39.3 Å². The van der Waals surface area contributed by atoms with E-state index in [1.54, 1.807) is 0 Å². The van der Waals surface area contributed by atoms with Crippen molar-refractivity contribution in [2.75, 3.05) is 29.9 Å². The molecule has 9 nitrogen and oxygen atoms in total. The highest BCUT2D eigenvalue weighted by molar-refractivity contribution is 7.87. The lowest BCUT2D eigenvalue weighted by molar-refractivity contribution is -0.384. The largest absolute Gasteiger partial charge is 0.395 e. The number of carbonyl (C=O) groups is 1. The summed E-state index contributed by atoms with van der Waals surface area (Å²) in [5.41, 5.74) is 0.0765. The van der Waals surface area contributed by atoms with E-state index in [0.29, 0.717) is 5.69 Å². The van der Waals surface area contributed by atoms with Crippen LogP contribution in [0.5, 0.6) is 0 Å². The molecule has 0 radical (unpaired) electrons. The van der Waals surface area contributed by atoms with Crippen molar-refractivity contribution in [2.45, 2.75) is 11.7 Å². The Morgan fingerprint density at radius 1 is 1.48 bits per heavy atom. The average molecular weight is 347 g/mol. The quantitative estimate of drug-likeness (QED) is 0.433. The van der Waals surface area contributed by atoms with Crippen LogP contribution in [0, 0.1) is 10.1 Å². The molecule has 0 bridgehead atoms. The molecule has 1 aromatic carbocycles. The lowest BCUT2D eigenvalue weighted by Crippen LogP contribution is -2.28. The fourth-order valence-electron chi connectivity index (χ4n) is 2.29. The second-order valence-electron chi connectivity index (χ2n) is 4.91. The van der Waals surface area contributed by atoms with Gasteiger partial charge in [-0.1, -0.05) is 0 Å². The smallest absolute Gasteiger partial charge is 0.307 e. The number of nitro benzene ring substituents is 1. The van der Waals surface area contributed by atoms with Crippen molar-refractivity contribution in [3.8, 4) is 0 Å². The van der Waals surface area contributed by atoms with Crippen LogP contribution in [0.4, 0.5) is 20.9 Å². The highest BCUT2D eigenvalue weighted by Crippen LogP contribution is 2.34. The molecule has 1 aliphatic rings. The van der Waals surface area contributed by atoms with Gasteiger partial charge in [-0.3, -0.25) is 14.9 Å². The van der Waals surface area contributed by atoms with Crippen LogP contribution in [-0.4, -0.2) is 49.3 Å². The minimum Gasteiger partial charge on any atom is -0.395 e. The molecule has 0 aromatic heterocycles. The number of anilines is 2. The van der Waals surface area contributed by atoms with Crippen molar-refractivity contribution in [1.82, 2.24) is 0 Å². The SMILES string of the molecule is O=C1CC(S(=O)(=O)F)CN1c1cc([N+](=O)[O-])ccc1NCCO. The van der Waals surface area contributed by atoms with Crippen LogP contribution in [0.3, 0.4) is 0 Å². The Balaban J connectivity index is 2.41. The summed E-state index contributed by atoms with van der Waals surface area (Å²) >= 11 is 0. The Hall–Kier alpha value is -2.27. The van der Waals surface area contributed by atoms with E-state index in [2.05, 4.69) is 5.32 Å². The molecule has 11 heteroatoms. The van der Waals surface area contributed by atoms with Crippen molar-refractivity contribution < 1.29 is 27.1 Å². The van der Waals surface area contributed by atoms with Crippen molar-refractivity contribution in [3.05, 3.63) is 28.3 Å². The molecule has 1 fully saturated rings. The predicted octanol–water partition coefficient (Wildman–Crippen LogP) is 0.404. The highest BCUT2D eigenvalue weighted by Gasteiger charge is 2.40. The van der Waals surface area contributed by atoms with Crippen LogP contribution in [0.15, 0.2) is 18.2 Å². The number of carbonyl (C=O) groups excluding carboxylic acids is 1. The molecule has 1 atom stereocenters. The molecule has 0 aliphatic carbocycles. The van der Waals surface area contributed by atoms with Gasteiger partial charge in [-0.25, -0.2) is 0 Å². The molecule has 2 N–H and O–H groups in total. The maximum Gasteiger partial charge on any atom is 0.307 e. The van der Waals surface area contributed by atoms with E-state index in [0.717, 1.165) is 11.0 Å². The Morgan fingerprint density at radius 2 is 2.17 bits per heavy atom. The van der Waals surface area contributed by atoms with E-state index in [9.17, 15) is 27.2 Å². The monoisotopic (exact) mass is 347 g/mol. The third-order valence-corrected chi connectivity index (χ3v) is 4.51. The lowest BCUT2D eigenvalue weighted by Gasteiger charge is -2.20. The number of nitro groups is 1. The van der Waals surface area contributed by atoms with Gasteiger partial charge in [0.1, 0.15) is 5.25 Å². The topological polar surface area (TPSA) is 130 Å². The summed E-state index contributed by atoms with van der Waals surface area (Å²) in [6, 6.07) is 3.64. The van der Waals surface area contributed by atoms with E-state index in [4.69, 9.17) is 5.11 Å². The number of rotatable bonds is 6. The van der Waals surface area contributed by atoms with Gasteiger partial charge in [-0.2, -0.15) is 8.42 Å². The van der Waals surface area contributed by atoms with Crippen LogP contribution >= 0.6 is 0 Å². The fourth-order valence-corrected chi connectivity index (χ4v) is 2.96. The zero-order chi connectivity index (χ0) is 17.2. The second-order valence-corrected chi connectivity index (χ2v) is 6.53. The van der Waals surface area contributed by atoms with Crippen LogP contribution in [0.25, 0.3) is 0 Å². The van der Waals surface area contributed by atoms with E-state index in [-0.39, 0.29) is 24.5 Å². The summed E-state index contributed by atoms with van der Waals surface area (Å²) in [4.78, 5) is 23.2. The number of hydrogen-bond acceptors (Lipinski definition) is 7. The van der Waals surface area contributed by atoms with Crippen LogP contribution in [0.2, 0.25) is 0 Å². The van der Waals surface area contributed by atoms with Gasteiger partial charge in [-0.05, 0) is 6.07 Å². The first-order valence-corrected chi connectivity index (χ1v) is 8.05. The Kier molecular flexibility index (Phi) is 4.80. The molecule has 1 aromatic rings. The fraction of sp³-hybridized carbons (Fsp3) is 0.417. The molecular formula is C12H14FN3O6S. The number of halogens is 1. The minimum absolute atomic E-state index is 0.0730. The van der Waals surface area contributed by atoms with E-state index in [1.165, 1.54) is 12.1 Å². The number of hydrogen-bond donors (Lipinski definition) is 2. The number of amides is 1. The normalized spacial score (nSPS) is 18.3. The van der Waals surface area contributed by atoms with Gasteiger partial charge in [0.15, 0.2) is 0 Å². The molecule has 1 saturated heterocycles. The molecule has 23 heavy (non-hydrogen) atoms. The number of non-ortho nitro benzene ring substituents is 1. The van der Waals surface area contributed by atoms with Gasteiger partial charge in [0.2, 0.25) is 5.91 Å². The maximum atomic E-state index is 13.1. The van der Waals surface area contributed by atoms with Gasteiger partial charge in [-0.15, -0.1) is 3.89 Å². The zero-order valence-corrected chi connectivity index (χ0v) is 12.6. The van der Waals surface area contributed by atoms with Crippen LogP contribution in [-0.2, 0) is 15.0 Å². The Labute approximate surface area is 131 Å². The molecule has 2 rings (SSSR count). The summed E-state index contributed by atoms with van der Waals surface area (Å²) in [5.74, 6) is -0.649. The molecule has 0 spiro atoms. The molecule has 1 heterocycles. The number of aliphatic hydroxyl groups is 1. The van der Waals surface area contributed by atoms with Crippen molar-refractivity contribution in [2.24, 2.45) is 0 Å². The maximum absolute atomic E-state index is 13.1. The standard InChI is InChI=1S/C12H14FN3O6S/c13-23(21,22)9-6-12(18)15(7-9)11-5-8(16(19)20)1-2-10(11)14-3-4-17/h1-2,5,9,14,17H,3-4,6-7H2. The first kappa shape index (κ1) is 17.1. The molecule has 126 valence electrons. The molecule has 1 aliphatic heterocycles. The van der Waals surface area contributed by atoms with Gasteiger partial charge in [0, 0.05) is 31.6 Å². The summed E-state index contributed by atoms with van der Waals surface area (Å²) in [6.45, 7) is -0.518. The van der Waals surface area contributed by atoms with Gasteiger partial charge < -0.3 is 15.3 Å². The first-order chi connectivity index (χ1) is 10.7. The third-order valence-electron chi connectivity index (χ3n) is 3.40. The highest BCUT2D eigenvalue weighted by atomic mass is 32.3. The second kappa shape index (κ2) is 6.46. The number of nitrogens with one attached hydrogen (secondary N) is 1. The predicted molar refractivity (Wildman–Crippen MR) is 79.5 cm³/mol. The van der Waals surface area contributed by atoms with Crippen molar-refractivity contribution in [3.63, 3.8) is 0 Å². The van der Waals surface area contributed by atoms with Gasteiger partial charge in [0.25, 0.3) is 5.69 Å². The van der Waals surface area contributed by atoms with Gasteiger partial charge >= 0.3 is 10.2 Å². The van der Waals surface area contributed by atoms with Crippen molar-refractivity contribution >= 4 is 33.2 Å². The summed E-state index contributed by atoms with van der Waals surface area (Å²) in [6.07, 6.45) is -0.527. The van der Waals surface area contributed by atoms with E-state index in [1.807, 2.05) is 0 Å². The molecule has 1 unspecified atom stereocenters. The van der Waals surface area contributed by atoms with Crippen LogP contribution < -0.4 is 10.2 Å². The summed E-state index contributed by atoms with van der Waals surface area (Å²) < 4.78 is 35.1. The average Bonchev–Trinajstić information content (AvgIpc) is 2.86. The third kappa shape index (κ3) is 3.74. The lowest BCUT2D eigenvalue weighted by atomic mass is 10.2. The molecule has 1 amide bonds. The summed E-state index contributed by atoms with van der Waals surface area (Å²) in [5, 5.41) is 21.0. The molecule has 0 saturated carbocycles. The number of nitrogens with zero attached hydrogens (tertiary/aromatic N) is 2. The molecular weight excluding hydrogens is 333 g/mol. The Bertz CT molecular complexity index is 738. The van der Waals surface area contributed by atoms with Crippen molar-refractivity contribution in [1.29, 1.82) is 0 Å². The zero-order valence-electron chi connectivity index (χ0n) is 11.8. The number of aliphatic hydroxyl groups excluding tert-OH is 1. The summed E-state index contributed by atoms with van der Waals surface area (Å²) in [7, 11) is -4.89. The first-order valence-electron chi connectivity index (χ1n) is 6.61. The number of benzene rings is 1. The minimum atomic E-state index is -4.89. The van der Waals surface area contributed by atoms with E-state index >= 15 is 0 Å². The Morgan fingerprint density at radius 3 is 2.70 bits per heavy atom. The van der Waals surface area contributed by atoms with Crippen LogP contribution in [0.1, 0.15) is 6.42 Å².